The fraction of sp³-hybridized carbons (Fsp3) is 0.812. The summed E-state index contributed by atoms with van der Waals surface area (Å²) in [5.74, 6) is 1.16. The molecular formula is C16H29N3OS. The number of thiazole rings is 1. The molecule has 1 aliphatic heterocycles. The molecule has 1 aliphatic rings. The molecule has 1 aromatic heterocycles. The molecule has 1 N–H and O–H groups in total. The minimum absolute atomic E-state index is 0.299. The lowest BCUT2D eigenvalue weighted by Crippen LogP contribution is -2.41. The normalized spacial score (nSPS) is 19.8. The quantitative estimate of drug-likeness (QED) is 0.875. The van der Waals surface area contributed by atoms with E-state index < -0.39 is 0 Å². The van der Waals surface area contributed by atoms with Crippen molar-refractivity contribution in [2.75, 3.05) is 31.1 Å². The first-order valence-corrected chi connectivity index (χ1v) is 8.85. The molecule has 1 atom stereocenters. The van der Waals surface area contributed by atoms with Crippen LogP contribution < -0.4 is 10.2 Å². The first-order chi connectivity index (χ1) is 9.97. The van der Waals surface area contributed by atoms with Crippen molar-refractivity contribution in [3.63, 3.8) is 0 Å². The Bertz CT molecular complexity index is 445. The van der Waals surface area contributed by atoms with Crippen LogP contribution in [0.3, 0.4) is 0 Å². The Morgan fingerprint density at radius 1 is 1.38 bits per heavy atom. The molecule has 1 saturated heterocycles. The highest BCUT2D eigenvalue weighted by Gasteiger charge is 2.22. The highest BCUT2D eigenvalue weighted by molar-refractivity contribution is 7.15. The predicted octanol–water partition coefficient (Wildman–Crippen LogP) is 3.24. The lowest BCUT2D eigenvalue weighted by Gasteiger charge is -2.30. The number of ether oxygens (including phenoxy) is 1. The maximum absolute atomic E-state index is 5.63. The van der Waals surface area contributed by atoms with Crippen LogP contribution in [0, 0.1) is 5.92 Å². The van der Waals surface area contributed by atoms with Crippen LogP contribution in [-0.2, 0) is 11.3 Å². The summed E-state index contributed by atoms with van der Waals surface area (Å²) in [5.41, 5.74) is 1.26. The molecule has 0 aromatic carbocycles. The minimum Gasteiger partial charge on any atom is -0.375 e. The number of morpholine rings is 1. The number of anilines is 1. The van der Waals surface area contributed by atoms with Crippen LogP contribution in [0.5, 0.6) is 0 Å². The Morgan fingerprint density at radius 3 is 2.76 bits per heavy atom. The molecule has 0 bridgehead atoms. The highest BCUT2D eigenvalue weighted by atomic mass is 32.1. The molecule has 2 heterocycles. The summed E-state index contributed by atoms with van der Waals surface area (Å²) in [4.78, 5) is 8.67. The number of nitrogens with one attached hydrogen (secondary N) is 1. The number of hydrogen-bond donors (Lipinski definition) is 1. The molecule has 0 saturated carbocycles. The summed E-state index contributed by atoms with van der Waals surface area (Å²) < 4.78 is 5.63. The fourth-order valence-corrected chi connectivity index (χ4v) is 3.75. The summed E-state index contributed by atoms with van der Waals surface area (Å²) >= 11 is 1.84. The highest BCUT2D eigenvalue weighted by Crippen LogP contribution is 2.31. The van der Waals surface area contributed by atoms with Gasteiger partial charge in [0.15, 0.2) is 5.13 Å². The van der Waals surface area contributed by atoms with Gasteiger partial charge in [-0.3, -0.25) is 0 Å². The molecule has 21 heavy (non-hydrogen) atoms. The second-order valence-corrected chi connectivity index (χ2v) is 7.67. The van der Waals surface area contributed by atoms with Crippen molar-refractivity contribution in [2.45, 2.75) is 53.2 Å². The third kappa shape index (κ3) is 4.66. The maximum atomic E-state index is 5.63. The van der Waals surface area contributed by atoms with E-state index in [0.717, 1.165) is 37.9 Å². The van der Waals surface area contributed by atoms with E-state index in [2.05, 4.69) is 44.8 Å². The van der Waals surface area contributed by atoms with Crippen molar-refractivity contribution in [3.05, 3.63) is 10.6 Å². The van der Waals surface area contributed by atoms with Crippen molar-refractivity contribution < 1.29 is 4.74 Å². The van der Waals surface area contributed by atoms with Gasteiger partial charge in [-0.1, -0.05) is 27.7 Å². The van der Waals surface area contributed by atoms with E-state index >= 15 is 0 Å². The largest absolute Gasteiger partial charge is 0.375 e. The van der Waals surface area contributed by atoms with Crippen molar-refractivity contribution in [3.8, 4) is 0 Å². The molecule has 120 valence electrons. The number of aromatic nitrogens is 1. The molecule has 2 rings (SSSR count). The van der Waals surface area contributed by atoms with Gasteiger partial charge in [0.1, 0.15) is 0 Å². The summed E-state index contributed by atoms with van der Waals surface area (Å²) in [6, 6.07) is 0. The van der Waals surface area contributed by atoms with E-state index in [1.165, 1.54) is 10.6 Å². The van der Waals surface area contributed by atoms with Gasteiger partial charge >= 0.3 is 0 Å². The zero-order valence-corrected chi connectivity index (χ0v) is 14.8. The van der Waals surface area contributed by atoms with Crippen molar-refractivity contribution in [1.82, 2.24) is 10.3 Å². The fourth-order valence-electron chi connectivity index (χ4n) is 2.53. The lowest BCUT2D eigenvalue weighted by molar-refractivity contribution is 0.0532. The Hall–Kier alpha value is -0.650. The third-order valence-corrected chi connectivity index (χ3v) is 4.74. The van der Waals surface area contributed by atoms with Crippen LogP contribution in [0.25, 0.3) is 0 Å². The standard InChI is InChI=1S/C16H29N3OS/c1-11(2)8-17-9-14-15(12(3)4)18-16(21-14)19-6-7-20-13(5)10-19/h11-13,17H,6-10H2,1-5H3. The van der Waals surface area contributed by atoms with E-state index in [9.17, 15) is 0 Å². The van der Waals surface area contributed by atoms with Gasteiger partial charge < -0.3 is 15.0 Å². The van der Waals surface area contributed by atoms with Crippen LogP contribution in [-0.4, -0.2) is 37.3 Å². The van der Waals surface area contributed by atoms with Crippen LogP contribution in [0.1, 0.15) is 51.1 Å². The third-order valence-electron chi connectivity index (χ3n) is 3.61. The van der Waals surface area contributed by atoms with Gasteiger partial charge in [-0.05, 0) is 25.3 Å². The van der Waals surface area contributed by atoms with Crippen molar-refractivity contribution in [2.24, 2.45) is 5.92 Å². The van der Waals surface area contributed by atoms with E-state index in [4.69, 9.17) is 9.72 Å². The lowest BCUT2D eigenvalue weighted by atomic mass is 10.1. The van der Waals surface area contributed by atoms with Crippen molar-refractivity contribution in [1.29, 1.82) is 0 Å². The smallest absolute Gasteiger partial charge is 0.186 e. The Labute approximate surface area is 132 Å². The zero-order valence-electron chi connectivity index (χ0n) is 14.0. The zero-order chi connectivity index (χ0) is 15.4. The topological polar surface area (TPSA) is 37.4 Å². The van der Waals surface area contributed by atoms with Crippen LogP contribution in [0.15, 0.2) is 0 Å². The Kier molecular flexibility index (Phi) is 6.02. The molecular weight excluding hydrogens is 282 g/mol. The molecule has 0 spiro atoms. The summed E-state index contributed by atoms with van der Waals surface area (Å²) in [7, 11) is 0. The van der Waals surface area contributed by atoms with Gasteiger partial charge in [0.05, 0.1) is 18.4 Å². The van der Waals surface area contributed by atoms with Gasteiger partial charge in [-0.2, -0.15) is 0 Å². The summed E-state index contributed by atoms with van der Waals surface area (Å²) in [6.07, 6.45) is 0.299. The summed E-state index contributed by atoms with van der Waals surface area (Å²) in [6.45, 7) is 15.8. The molecule has 0 radical (unpaired) electrons. The number of hydrogen-bond acceptors (Lipinski definition) is 5. The van der Waals surface area contributed by atoms with Gasteiger partial charge in [0.2, 0.25) is 0 Å². The molecule has 0 amide bonds. The van der Waals surface area contributed by atoms with Gasteiger partial charge in [0.25, 0.3) is 0 Å². The monoisotopic (exact) mass is 311 g/mol. The Morgan fingerprint density at radius 2 is 2.14 bits per heavy atom. The predicted molar refractivity (Wildman–Crippen MR) is 90.4 cm³/mol. The Balaban J connectivity index is 2.08. The van der Waals surface area contributed by atoms with Crippen LogP contribution in [0.4, 0.5) is 5.13 Å². The molecule has 5 heteroatoms. The average molecular weight is 311 g/mol. The molecule has 4 nitrogen and oxygen atoms in total. The van der Waals surface area contributed by atoms with Gasteiger partial charge in [-0.15, -0.1) is 11.3 Å². The molecule has 1 fully saturated rings. The number of nitrogens with zero attached hydrogens (tertiary/aromatic N) is 2. The molecule has 1 aromatic rings. The van der Waals surface area contributed by atoms with E-state index in [1.54, 1.807) is 0 Å². The first-order valence-electron chi connectivity index (χ1n) is 8.04. The second kappa shape index (κ2) is 7.56. The van der Waals surface area contributed by atoms with E-state index in [-0.39, 0.29) is 0 Å². The van der Waals surface area contributed by atoms with E-state index in [0.29, 0.717) is 17.9 Å². The van der Waals surface area contributed by atoms with Gasteiger partial charge in [0, 0.05) is 24.5 Å². The second-order valence-electron chi connectivity index (χ2n) is 6.61. The van der Waals surface area contributed by atoms with Gasteiger partial charge in [-0.25, -0.2) is 4.98 Å². The van der Waals surface area contributed by atoms with Crippen LogP contribution >= 0.6 is 11.3 Å². The minimum atomic E-state index is 0.299. The number of rotatable bonds is 6. The average Bonchev–Trinajstić information content (AvgIpc) is 2.82. The first kappa shape index (κ1) is 16.7. The summed E-state index contributed by atoms with van der Waals surface area (Å²) in [5, 5.41) is 4.71. The molecule has 0 aliphatic carbocycles. The van der Waals surface area contributed by atoms with E-state index in [1.807, 2.05) is 11.3 Å². The van der Waals surface area contributed by atoms with Crippen molar-refractivity contribution >= 4 is 16.5 Å². The maximum Gasteiger partial charge on any atom is 0.186 e. The molecule has 1 unspecified atom stereocenters. The SMILES string of the molecule is CC(C)CNCc1sc(N2CCOC(C)C2)nc1C(C)C. The van der Waals surface area contributed by atoms with Crippen LogP contribution in [0.2, 0.25) is 0 Å².